The predicted octanol–water partition coefficient (Wildman–Crippen LogP) is 0.766. The summed E-state index contributed by atoms with van der Waals surface area (Å²) in [6.07, 6.45) is 1.91. The molecule has 3 N–H and O–H groups in total. The van der Waals surface area contributed by atoms with Crippen molar-refractivity contribution in [3.05, 3.63) is 35.9 Å². The van der Waals surface area contributed by atoms with Gasteiger partial charge in [0, 0.05) is 25.7 Å². The van der Waals surface area contributed by atoms with Gasteiger partial charge in [-0.2, -0.15) is 0 Å². The first kappa shape index (κ1) is 14.5. The van der Waals surface area contributed by atoms with Crippen LogP contribution in [-0.2, 0) is 0 Å². The van der Waals surface area contributed by atoms with Gasteiger partial charge in [0.25, 0.3) is 0 Å². The molecule has 0 bridgehead atoms. The second kappa shape index (κ2) is 7.60. The zero-order valence-electron chi connectivity index (χ0n) is 11.3. The average Bonchev–Trinajstić information content (AvgIpc) is 2.93. The molecule has 106 valence electrons. The second-order valence-corrected chi connectivity index (χ2v) is 5.20. The number of hydrogen-bond acceptors (Lipinski definition) is 4. The van der Waals surface area contributed by atoms with E-state index in [0.29, 0.717) is 19.1 Å². The number of hydrogen-bond donors (Lipinski definition) is 3. The van der Waals surface area contributed by atoms with Gasteiger partial charge in [-0.25, -0.2) is 0 Å². The lowest BCUT2D eigenvalue weighted by molar-refractivity contribution is 0.0948. The minimum Gasteiger partial charge on any atom is -0.395 e. The number of benzene rings is 1. The van der Waals surface area contributed by atoms with Gasteiger partial charge in [-0.3, -0.25) is 4.90 Å². The standard InChI is InChI=1S/C15H24N2O2/c18-10-9-17(11-14-7-4-8-16-14)12-15(19)13-5-2-1-3-6-13/h1-3,5-6,14-16,18-19H,4,7-12H2. The van der Waals surface area contributed by atoms with Crippen molar-refractivity contribution in [3.8, 4) is 0 Å². The highest BCUT2D eigenvalue weighted by Crippen LogP contribution is 2.15. The monoisotopic (exact) mass is 264 g/mol. The van der Waals surface area contributed by atoms with E-state index in [0.717, 1.165) is 18.7 Å². The molecule has 4 heteroatoms. The molecule has 2 rings (SSSR count). The zero-order chi connectivity index (χ0) is 13.5. The fraction of sp³-hybridized carbons (Fsp3) is 0.600. The number of nitrogens with one attached hydrogen (secondary N) is 1. The van der Waals surface area contributed by atoms with E-state index in [1.165, 1.54) is 12.8 Å². The number of nitrogens with zero attached hydrogens (tertiary/aromatic N) is 1. The minimum absolute atomic E-state index is 0.133. The van der Waals surface area contributed by atoms with E-state index in [1.54, 1.807) is 0 Å². The fourth-order valence-corrected chi connectivity index (χ4v) is 2.65. The molecule has 4 nitrogen and oxygen atoms in total. The van der Waals surface area contributed by atoms with Crippen LogP contribution in [0.3, 0.4) is 0 Å². The first-order valence-electron chi connectivity index (χ1n) is 7.09. The van der Waals surface area contributed by atoms with Crippen LogP contribution in [0.1, 0.15) is 24.5 Å². The third-order valence-corrected chi connectivity index (χ3v) is 3.67. The Morgan fingerprint density at radius 3 is 2.74 bits per heavy atom. The lowest BCUT2D eigenvalue weighted by Gasteiger charge is -2.27. The van der Waals surface area contributed by atoms with Crippen LogP contribution in [0.15, 0.2) is 30.3 Å². The SMILES string of the molecule is OCCN(CC1CCCN1)CC(O)c1ccccc1. The Bertz CT molecular complexity index is 352. The summed E-state index contributed by atoms with van der Waals surface area (Å²) in [5, 5.41) is 22.9. The van der Waals surface area contributed by atoms with Crippen molar-refractivity contribution >= 4 is 0 Å². The summed E-state index contributed by atoms with van der Waals surface area (Å²) in [7, 11) is 0. The van der Waals surface area contributed by atoms with Crippen molar-refractivity contribution in [1.82, 2.24) is 10.2 Å². The molecule has 0 amide bonds. The summed E-state index contributed by atoms with van der Waals surface area (Å²) >= 11 is 0. The van der Waals surface area contributed by atoms with E-state index in [4.69, 9.17) is 5.11 Å². The summed E-state index contributed by atoms with van der Waals surface area (Å²) in [6, 6.07) is 10.2. The van der Waals surface area contributed by atoms with Crippen LogP contribution in [0, 0.1) is 0 Å². The van der Waals surface area contributed by atoms with Gasteiger partial charge in [-0.15, -0.1) is 0 Å². The Labute approximate surface area is 115 Å². The maximum Gasteiger partial charge on any atom is 0.0916 e. The summed E-state index contributed by atoms with van der Waals surface area (Å²) in [6.45, 7) is 3.29. The molecule has 0 spiro atoms. The Morgan fingerprint density at radius 1 is 1.32 bits per heavy atom. The largest absolute Gasteiger partial charge is 0.395 e. The molecule has 0 radical (unpaired) electrons. The maximum atomic E-state index is 10.2. The topological polar surface area (TPSA) is 55.7 Å². The van der Waals surface area contributed by atoms with Crippen molar-refractivity contribution in [3.63, 3.8) is 0 Å². The fourth-order valence-electron chi connectivity index (χ4n) is 2.65. The zero-order valence-corrected chi connectivity index (χ0v) is 11.3. The molecule has 1 fully saturated rings. The highest BCUT2D eigenvalue weighted by Gasteiger charge is 2.20. The maximum absolute atomic E-state index is 10.2. The molecule has 19 heavy (non-hydrogen) atoms. The average molecular weight is 264 g/mol. The summed E-state index contributed by atoms with van der Waals surface area (Å²) in [5.41, 5.74) is 0.935. The lowest BCUT2D eigenvalue weighted by atomic mass is 10.1. The molecule has 0 aromatic heterocycles. The molecule has 1 heterocycles. The summed E-state index contributed by atoms with van der Waals surface area (Å²) < 4.78 is 0. The van der Waals surface area contributed by atoms with Gasteiger partial charge in [-0.05, 0) is 24.9 Å². The third kappa shape index (κ3) is 4.58. The second-order valence-electron chi connectivity index (χ2n) is 5.20. The predicted molar refractivity (Wildman–Crippen MR) is 76.0 cm³/mol. The number of aliphatic hydroxyl groups is 2. The molecule has 0 saturated carbocycles. The normalized spacial score (nSPS) is 20.9. The van der Waals surface area contributed by atoms with Gasteiger partial charge in [0.15, 0.2) is 0 Å². The van der Waals surface area contributed by atoms with Crippen LogP contribution in [0.2, 0.25) is 0 Å². The van der Waals surface area contributed by atoms with Crippen LogP contribution in [0.4, 0.5) is 0 Å². The van der Waals surface area contributed by atoms with Crippen LogP contribution in [0.5, 0.6) is 0 Å². The van der Waals surface area contributed by atoms with Gasteiger partial charge >= 0.3 is 0 Å². The first-order valence-corrected chi connectivity index (χ1v) is 7.09. The minimum atomic E-state index is -0.492. The van der Waals surface area contributed by atoms with E-state index < -0.39 is 6.10 Å². The molecule has 1 aliphatic heterocycles. The smallest absolute Gasteiger partial charge is 0.0916 e. The number of aliphatic hydroxyl groups excluding tert-OH is 2. The molecule has 1 aromatic carbocycles. The molecule has 2 atom stereocenters. The van der Waals surface area contributed by atoms with Crippen LogP contribution >= 0.6 is 0 Å². The van der Waals surface area contributed by atoms with Crippen LogP contribution < -0.4 is 5.32 Å². The molecular weight excluding hydrogens is 240 g/mol. The molecule has 0 aliphatic carbocycles. The van der Waals surface area contributed by atoms with Gasteiger partial charge < -0.3 is 15.5 Å². The Kier molecular flexibility index (Phi) is 5.79. The quantitative estimate of drug-likeness (QED) is 0.681. The van der Waals surface area contributed by atoms with E-state index in [9.17, 15) is 5.11 Å². The molecular formula is C15H24N2O2. The Morgan fingerprint density at radius 2 is 2.11 bits per heavy atom. The first-order chi connectivity index (χ1) is 9.29. The van der Waals surface area contributed by atoms with Crippen molar-refractivity contribution in [2.75, 3.05) is 32.8 Å². The van der Waals surface area contributed by atoms with Gasteiger partial charge in [0.05, 0.1) is 12.7 Å². The van der Waals surface area contributed by atoms with Crippen LogP contribution in [0.25, 0.3) is 0 Å². The Balaban J connectivity index is 1.88. The van der Waals surface area contributed by atoms with Gasteiger partial charge in [-0.1, -0.05) is 30.3 Å². The summed E-state index contributed by atoms with van der Waals surface area (Å²) in [4.78, 5) is 2.14. The molecule has 1 aliphatic rings. The Hall–Kier alpha value is -0.940. The van der Waals surface area contributed by atoms with E-state index in [-0.39, 0.29) is 6.61 Å². The van der Waals surface area contributed by atoms with Crippen LogP contribution in [-0.4, -0.2) is 53.9 Å². The van der Waals surface area contributed by atoms with E-state index in [1.807, 2.05) is 30.3 Å². The lowest BCUT2D eigenvalue weighted by Crippen LogP contribution is -2.41. The van der Waals surface area contributed by atoms with Crippen molar-refractivity contribution < 1.29 is 10.2 Å². The molecule has 2 unspecified atom stereocenters. The number of rotatable bonds is 7. The van der Waals surface area contributed by atoms with Crippen molar-refractivity contribution in [2.24, 2.45) is 0 Å². The van der Waals surface area contributed by atoms with Gasteiger partial charge in [0.2, 0.25) is 0 Å². The van der Waals surface area contributed by atoms with E-state index in [2.05, 4.69) is 10.2 Å². The molecule has 1 saturated heterocycles. The molecule has 1 aromatic rings. The summed E-state index contributed by atoms with van der Waals surface area (Å²) in [5.74, 6) is 0. The van der Waals surface area contributed by atoms with E-state index >= 15 is 0 Å². The highest BCUT2D eigenvalue weighted by atomic mass is 16.3. The van der Waals surface area contributed by atoms with Crippen molar-refractivity contribution in [2.45, 2.75) is 25.0 Å². The van der Waals surface area contributed by atoms with Gasteiger partial charge in [0.1, 0.15) is 0 Å². The highest BCUT2D eigenvalue weighted by molar-refractivity contribution is 5.17. The van der Waals surface area contributed by atoms with Crippen molar-refractivity contribution in [1.29, 1.82) is 0 Å². The third-order valence-electron chi connectivity index (χ3n) is 3.67.